The molecule has 1 aliphatic heterocycles. The van der Waals surface area contributed by atoms with Gasteiger partial charge < -0.3 is 14.5 Å². The first kappa shape index (κ1) is 19.0. The first-order chi connectivity index (χ1) is 12.8. The van der Waals surface area contributed by atoms with Gasteiger partial charge in [0.15, 0.2) is 11.6 Å². The summed E-state index contributed by atoms with van der Waals surface area (Å²) in [6.07, 6.45) is -4.40. The van der Waals surface area contributed by atoms with Crippen LogP contribution in [0.2, 0.25) is 0 Å². The van der Waals surface area contributed by atoms with E-state index in [1.54, 1.807) is 15.9 Å². The molecular formula is C19H18F4N2O2. The molecule has 3 rings (SSSR count). The van der Waals surface area contributed by atoms with Crippen molar-refractivity contribution < 1.29 is 27.1 Å². The number of carbonyl (C=O) groups is 1. The molecule has 144 valence electrons. The van der Waals surface area contributed by atoms with Crippen LogP contribution < -0.4 is 9.64 Å². The number of nitrogens with zero attached hydrogens (tertiary/aromatic N) is 2. The maximum atomic E-state index is 13.8. The fourth-order valence-electron chi connectivity index (χ4n) is 3.03. The highest BCUT2D eigenvalue weighted by atomic mass is 19.4. The fraction of sp³-hybridized carbons (Fsp3) is 0.316. The Morgan fingerprint density at radius 3 is 2.33 bits per heavy atom. The molecule has 27 heavy (non-hydrogen) atoms. The van der Waals surface area contributed by atoms with E-state index in [-0.39, 0.29) is 17.2 Å². The molecule has 0 unspecified atom stereocenters. The van der Waals surface area contributed by atoms with Crippen LogP contribution in [0.5, 0.6) is 5.75 Å². The van der Waals surface area contributed by atoms with Crippen molar-refractivity contribution in [1.29, 1.82) is 0 Å². The van der Waals surface area contributed by atoms with Crippen molar-refractivity contribution in [2.45, 2.75) is 6.18 Å². The Balaban J connectivity index is 1.67. The SMILES string of the molecule is COc1ccc(C(=O)N2CCN(c3cccc(C(F)(F)F)c3)CC2)cc1F. The third-order valence-corrected chi connectivity index (χ3v) is 4.50. The predicted molar refractivity (Wildman–Crippen MR) is 92.5 cm³/mol. The van der Waals surface area contributed by atoms with Crippen LogP contribution in [0, 0.1) is 5.82 Å². The van der Waals surface area contributed by atoms with Gasteiger partial charge in [0.1, 0.15) is 0 Å². The second-order valence-electron chi connectivity index (χ2n) is 6.18. The zero-order valence-corrected chi connectivity index (χ0v) is 14.6. The molecule has 0 aromatic heterocycles. The van der Waals surface area contributed by atoms with Crippen LogP contribution in [-0.2, 0) is 6.18 Å². The Labute approximate surface area is 153 Å². The zero-order valence-electron chi connectivity index (χ0n) is 14.6. The Morgan fingerprint density at radius 2 is 1.74 bits per heavy atom. The molecule has 0 radical (unpaired) electrons. The largest absolute Gasteiger partial charge is 0.494 e. The molecule has 1 fully saturated rings. The number of halogens is 4. The van der Waals surface area contributed by atoms with E-state index in [2.05, 4.69) is 0 Å². The van der Waals surface area contributed by atoms with Crippen molar-refractivity contribution in [1.82, 2.24) is 4.90 Å². The average Bonchev–Trinajstić information content (AvgIpc) is 2.67. The fourth-order valence-corrected chi connectivity index (χ4v) is 3.03. The first-order valence-corrected chi connectivity index (χ1v) is 8.34. The van der Waals surface area contributed by atoms with Crippen LogP contribution in [0.25, 0.3) is 0 Å². The van der Waals surface area contributed by atoms with Gasteiger partial charge >= 0.3 is 6.18 Å². The number of piperazine rings is 1. The Kier molecular flexibility index (Phi) is 5.25. The topological polar surface area (TPSA) is 32.8 Å². The summed E-state index contributed by atoms with van der Waals surface area (Å²) in [4.78, 5) is 15.9. The lowest BCUT2D eigenvalue weighted by molar-refractivity contribution is -0.137. The maximum absolute atomic E-state index is 13.8. The Morgan fingerprint density at radius 1 is 1.04 bits per heavy atom. The van der Waals surface area contributed by atoms with Crippen molar-refractivity contribution in [2.24, 2.45) is 0 Å². The van der Waals surface area contributed by atoms with Crippen molar-refractivity contribution in [3.63, 3.8) is 0 Å². The maximum Gasteiger partial charge on any atom is 0.416 e. The molecular weight excluding hydrogens is 364 g/mol. The van der Waals surface area contributed by atoms with Gasteiger partial charge in [-0.05, 0) is 36.4 Å². The highest BCUT2D eigenvalue weighted by Gasteiger charge is 2.31. The summed E-state index contributed by atoms with van der Waals surface area (Å²) in [6.45, 7) is 1.46. The lowest BCUT2D eigenvalue weighted by Crippen LogP contribution is -2.48. The minimum Gasteiger partial charge on any atom is -0.494 e. The van der Waals surface area contributed by atoms with E-state index in [4.69, 9.17) is 4.74 Å². The molecule has 8 heteroatoms. The van der Waals surface area contributed by atoms with E-state index in [1.807, 2.05) is 0 Å². The van der Waals surface area contributed by atoms with E-state index in [0.717, 1.165) is 18.2 Å². The van der Waals surface area contributed by atoms with Crippen LogP contribution in [-0.4, -0.2) is 44.1 Å². The minimum atomic E-state index is -4.40. The number of rotatable bonds is 3. The highest BCUT2D eigenvalue weighted by molar-refractivity contribution is 5.94. The number of methoxy groups -OCH3 is 1. The number of hydrogen-bond acceptors (Lipinski definition) is 3. The van der Waals surface area contributed by atoms with E-state index in [1.165, 1.54) is 25.3 Å². The summed E-state index contributed by atoms with van der Waals surface area (Å²) in [6, 6.07) is 9.13. The predicted octanol–water partition coefficient (Wildman–Crippen LogP) is 3.82. The van der Waals surface area contributed by atoms with Crippen molar-refractivity contribution in [3.05, 3.63) is 59.4 Å². The summed E-state index contributed by atoms with van der Waals surface area (Å²) in [5.41, 5.74) is -0.0274. The van der Waals surface area contributed by atoms with Crippen molar-refractivity contribution in [2.75, 3.05) is 38.2 Å². The highest BCUT2D eigenvalue weighted by Crippen LogP contribution is 2.32. The molecule has 1 amide bonds. The second-order valence-corrected chi connectivity index (χ2v) is 6.18. The molecule has 0 N–H and O–H groups in total. The van der Waals surface area contributed by atoms with Crippen molar-refractivity contribution in [3.8, 4) is 5.75 Å². The van der Waals surface area contributed by atoms with Crippen LogP contribution in [0.4, 0.5) is 23.2 Å². The summed E-state index contributed by atoms with van der Waals surface area (Å²) < 4.78 is 57.2. The van der Waals surface area contributed by atoms with Crippen LogP contribution in [0.15, 0.2) is 42.5 Å². The van der Waals surface area contributed by atoms with E-state index in [0.29, 0.717) is 31.9 Å². The van der Waals surface area contributed by atoms with Crippen LogP contribution in [0.1, 0.15) is 15.9 Å². The molecule has 0 aliphatic carbocycles. The van der Waals surface area contributed by atoms with Gasteiger partial charge in [0.25, 0.3) is 5.91 Å². The van der Waals surface area contributed by atoms with Gasteiger partial charge in [-0.3, -0.25) is 4.79 Å². The minimum absolute atomic E-state index is 0.0564. The normalized spacial score (nSPS) is 15.0. The van der Waals surface area contributed by atoms with Gasteiger partial charge in [0.2, 0.25) is 0 Å². The molecule has 0 bridgehead atoms. The van der Waals surface area contributed by atoms with Crippen LogP contribution >= 0.6 is 0 Å². The molecule has 1 aliphatic rings. The van der Waals surface area contributed by atoms with E-state index < -0.39 is 17.6 Å². The number of benzene rings is 2. The molecule has 2 aromatic rings. The zero-order chi connectivity index (χ0) is 19.6. The number of anilines is 1. The van der Waals surface area contributed by atoms with Crippen molar-refractivity contribution >= 4 is 11.6 Å². The number of alkyl halides is 3. The van der Waals surface area contributed by atoms with Gasteiger partial charge in [-0.15, -0.1) is 0 Å². The Hall–Kier alpha value is -2.77. The molecule has 4 nitrogen and oxygen atoms in total. The smallest absolute Gasteiger partial charge is 0.416 e. The lowest BCUT2D eigenvalue weighted by Gasteiger charge is -2.36. The summed E-state index contributed by atoms with van der Waals surface area (Å²) in [5, 5.41) is 0. The Bertz CT molecular complexity index is 831. The van der Waals surface area contributed by atoms with Gasteiger partial charge in [-0.1, -0.05) is 6.07 Å². The molecule has 2 aromatic carbocycles. The number of carbonyl (C=O) groups excluding carboxylic acids is 1. The average molecular weight is 382 g/mol. The van der Waals surface area contributed by atoms with E-state index >= 15 is 0 Å². The van der Waals surface area contributed by atoms with E-state index in [9.17, 15) is 22.4 Å². The standard InChI is InChI=1S/C19H18F4N2O2/c1-27-17-6-5-13(11-16(17)20)18(26)25-9-7-24(8-10-25)15-4-2-3-14(12-15)19(21,22)23/h2-6,11-12H,7-10H2,1H3. The third kappa shape index (κ3) is 4.15. The molecule has 0 saturated carbocycles. The van der Waals surface area contributed by atoms with Gasteiger partial charge in [-0.2, -0.15) is 13.2 Å². The molecule has 1 saturated heterocycles. The van der Waals surface area contributed by atoms with Crippen LogP contribution in [0.3, 0.4) is 0 Å². The van der Waals surface area contributed by atoms with Gasteiger partial charge in [-0.25, -0.2) is 4.39 Å². The second kappa shape index (κ2) is 7.46. The number of hydrogen-bond donors (Lipinski definition) is 0. The molecule has 0 atom stereocenters. The van der Waals surface area contributed by atoms with Gasteiger partial charge in [0.05, 0.1) is 12.7 Å². The number of ether oxygens (including phenoxy) is 1. The summed E-state index contributed by atoms with van der Waals surface area (Å²) >= 11 is 0. The molecule has 1 heterocycles. The number of amides is 1. The van der Waals surface area contributed by atoms with Gasteiger partial charge in [0, 0.05) is 37.4 Å². The summed E-state index contributed by atoms with van der Waals surface area (Å²) in [7, 11) is 1.34. The quantitative estimate of drug-likeness (QED) is 0.757. The molecule has 0 spiro atoms. The lowest BCUT2D eigenvalue weighted by atomic mass is 10.1. The first-order valence-electron chi connectivity index (χ1n) is 8.34. The third-order valence-electron chi connectivity index (χ3n) is 4.50. The monoisotopic (exact) mass is 382 g/mol. The summed E-state index contributed by atoms with van der Waals surface area (Å²) in [5.74, 6) is -0.882.